The van der Waals surface area contributed by atoms with E-state index < -0.39 is 0 Å². The number of hydrogen-bond acceptors (Lipinski definition) is 3. The van der Waals surface area contributed by atoms with Gasteiger partial charge in [-0.05, 0) is 43.1 Å². The molecule has 1 saturated heterocycles. The zero-order chi connectivity index (χ0) is 19.6. The molecule has 0 aromatic heterocycles. The molecule has 1 aromatic rings. The summed E-state index contributed by atoms with van der Waals surface area (Å²) in [5.74, 6) is 0.261. The Bertz CT molecular complexity index is 665. The smallest absolute Gasteiger partial charge is 0.271 e. The van der Waals surface area contributed by atoms with E-state index in [-0.39, 0.29) is 11.8 Å². The van der Waals surface area contributed by atoms with Gasteiger partial charge in [0.15, 0.2) is 5.11 Å². The van der Waals surface area contributed by atoms with Gasteiger partial charge in [0.05, 0.1) is 11.3 Å². The normalized spacial score (nSPS) is 14.7. The van der Waals surface area contributed by atoms with Crippen LogP contribution in [0.1, 0.15) is 62.7 Å². The molecule has 2 amide bonds. The Morgan fingerprint density at radius 1 is 1.26 bits per heavy atom. The number of nitrogens with zero attached hydrogens (tertiary/aromatic N) is 1. The van der Waals surface area contributed by atoms with Gasteiger partial charge in [0.25, 0.3) is 5.91 Å². The molecule has 3 N–H and O–H groups in total. The molecule has 1 heterocycles. The summed E-state index contributed by atoms with van der Waals surface area (Å²) in [4.78, 5) is 26.2. The molecule has 6 nitrogen and oxygen atoms in total. The van der Waals surface area contributed by atoms with Gasteiger partial charge in [0.2, 0.25) is 5.91 Å². The fourth-order valence-electron chi connectivity index (χ4n) is 3.14. The van der Waals surface area contributed by atoms with Gasteiger partial charge in [-0.1, -0.05) is 45.2 Å². The van der Waals surface area contributed by atoms with Crippen LogP contribution >= 0.6 is 12.2 Å². The van der Waals surface area contributed by atoms with E-state index in [4.69, 9.17) is 12.2 Å². The Morgan fingerprint density at radius 2 is 2.04 bits per heavy atom. The highest BCUT2D eigenvalue weighted by Crippen LogP contribution is 2.25. The molecular weight excluding hydrogens is 360 g/mol. The Labute approximate surface area is 167 Å². The molecule has 1 aliphatic heterocycles. The number of hydrogen-bond donors (Lipinski definition) is 3. The van der Waals surface area contributed by atoms with Gasteiger partial charge in [-0.3, -0.25) is 20.4 Å². The predicted octanol–water partition coefficient (Wildman–Crippen LogP) is 3.14. The number of rotatable bonds is 8. The highest BCUT2D eigenvalue weighted by Gasteiger charge is 2.25. The number of carbonyl (C=O) groups is 2. The standard InChI is InChI=1S/C20H30N4O2S/c1-3-4-5-9-15(2)14-21-20(27)23-22-19(26)16-10-6-7-11-17(16)24-13-8-12-18(24)25/h6-7,10-11,15H,3-5,8-9,12-14H2,1-2H3,(H,22,26)(H2,21,23,27)/t15-/m1/s1. The Kier molecular flexibility index (Phi) is 8.51. The summed E-state index contributed by atoms with van der Waals surface area (Å²) >= 11 is 5.23. The summed E-state index contributed by atoms with van der Waals surface area (Å²) in [5.41, 5.74) is 6.47. The van der Waals surface area contributed by atoms with E-state index in [1.807, 2.05) is 6.07 Å². The van der Waals surface area contributed by atoms with Crippen molar-refractivity contribution < 1.29 is 9.59 Å². The summed E-state index contributed by atoms with van der Waals surface area (Å²) in [7, 11) is 0. The van der Waals surface area contributed by atoms with Crippen LogP contribution in [0.25, 0.3) is 0 Å². The topological polar surface area (TPSA) is 73.5 Å². The number of amides is 2. The number of benzene rings is 1. The lowest BCUT2D eigenvalue weighted by Crippen LogP contribution is -2.47. The van der Waals surface area contributed by atoms with Crippen LogP contribution in [0.3, 0.4) is 0 Å². The number of hydrazine groups is 1. The van der Waals surface area contributed by atoms with Gasteiger partial charge in [0.1, 0.15) is 0 Å². The molecule has 0 saturated carbocycles. The van der Waals surface area contributed by atoms with E-state index in [0.717, 1.165) is 19.4 Å². The molecule has 7 heteroatoms. The maximum absolute atomic E-state index is 12.5. The monoisotopic (exact) mass is 390 g/mol. The fourth-order valence-corrected chi connectivity index (χ4v) is 3.28. The zero-order valence-corrected chi connectivity index (χ0v) is 17.0. The van der Waals surface area contributed by atoms with Crippen molar-refractivity contribution in [2.75, 3.05) is 18.0 Å². The second kappa shape index (κ2) is 10.9. The second-order valence-electron chi connectivity index (χ2n) is 7.06. The average Bonchev–Trinajstić information content (AvgIpc) is 3.10. The molecular formula is C20H30N4O2S. The third-order valence-electron chi connectivity index (χ3n) is 4.71. The maximum atomic E-state index is 12.5. The molecule has 0 unspecified atom stereocenters. The van der Waals surface area contributed by atoms with Gasteiger partial charge >= 0.3 is 0 Å². The molecule has 0 bridgehead atoms. The van der Waals surface area contributed by atoms with Gasteiger partial charge < -0.3 is 10.2 Å². The number of anilines is 1. The second-order valence-corrected chi connectivity index (χ2v) is 7.46. The van der Waals surface area contributed by atoms with Crippen molar-refractivity contribution in [3.8, 4) is 0 Å². The molecule has 0 aliphatic carbocycles. The van der Waals surface area contributed by atoms with Crippen LogP contribution in [0.15, 0.2) is 24.3 Å². The molecule has 27 heavy (non-hydrogen) atoms. The molecule has 1 fully saturated rings. The van der Waals surface area contributed by atoms with Crippen molar-refractivity contribution in [3.05, 3.63) is 29.8 Å². The Balaban J connectivity index is 1.82. The highest BCUT2D eigenvalue weighted by molar-refractivity contribution is 7.80. The van der Waals surface area contributed by atoms with Gasteiger partial charge in [-0.15, -0.1) is 0 Å². The van der Waals surface area contributed by atoms with E-state index in [1.165, 1.54) is 19.3 Å². The van der Waals surface area contributed by atoms with Gasteiger partial charge in [-0.25, -0.2) is 0 Å². The summed E-state index contributed by atoms with van der Waals surface area (Å²) in [6.07, 6.45) is 6.20. The average molecular weight is 391 g/mol. The first-order valence-corrected chi connectivity index (χ1v) is 10.2. The van der Waals surface area contributed by atoms with Crippen molar-refractivity contribution in [2.45, 2.75) is 52.4 Å². The summed E-state index contributed by atoms with van der Waals surface area (Å²) in [5, 5.41) is 3.52. The minimum atomic E-state index is -0.314. The maximum Gasteiger partial charge on any atom is 0.271 e. The largest absolute Gasteiger partial charge is 0.361 e. The first kappa shape index (κ1) is 21.2. The lowest BCUT2D eigenvalue weighted by Gasteiger charge is -2.20. The van der Waals surface area contributed by atoms with Crippen molar-refractivity contribution in [1.29, 1.82) is 0 Å². The molecule has 1 aromatic carbocycles. The van der Waals surface area contributed by atoms with Crippen LogP contribution in [0.2, 0.25) is 0 Å². The van der Waals surface area contributed by atoms with Crippen molar-refractivity contribution in [2.24, 2.45) is 5.92 Å². The van der Waals surface area contributed by atoms with E-state index >= 15 is 0 Å². The van der Waals surface area contributed by atoms with Crippen LogP contribution in [0.5, 0.6) is 0 Å². The number of thiocarbonyl (C=S) groups is 1. The summed E-state index contributed by atoms with van der Waals surface area (Å²) in [6, 6.07) is 7.13. The third kappa shape index (κ3) is 6.50. The van der Waals surface area contributed by atoms with Crippen LogP contribution < -0.4 is 21.1 Å². The minimum absolute atomic E-state index is 0.0532. The first-order chi connectivity index (χ1) is 13.0. The molecule has 0 spiro atoms. The lowest BCUT2D eigenvalue weighted by molar-refractivity contribution is -0.117. The number of unbranched alkanes of at least 4 members (excludes halogenated alkanes) is 2. The number of carbonyl (C=O) groups excluding carboxylic acids is 2. The quantitative estimate of drug-likeness (QED) is 0.361. The molecule has 1 atom stereocenters. The summed E-state index contributed by atoms with van der Waals surface area (Å²) < 4.78 is 0. The minimum Gasteiger partial charge on any atom is -0.361 e. The lowest BCUT2D eigenvalue weighted by atomic mass is 10.0. The van der Waals surface area contributed by atoms with E-state index in [9.17, 15) is 9.59 Å². The van der Waals surface area contributed by atoms with E-state index in [0.29, 0.717) is 35.2 Å². The van der Waals surface area contributed by atoms with E-state index in [1.54, 1.807) is 23.1 Å². The van der Waals surface area contributed by atoms with Crippen molar-refractivity contribution >= 4 is 34.8 Å². The third-order valence-corrected chi connectivity index (χ3v) is 4.96. The van der Waals surface area contributed by atoms with Crippen LogP contribution in [-0.2, 0) is 4.79 Å². The van der Waals surface area contributed by atoms with Crippen molar-refractivity contribution in [1.82, 2.24) is 16.2 Å². The van der Waals surface area contributed by atoms with Crippen molar-refractivity contribution in [3.63, 3.8) is 0 Å². The highest BCUT2D eigenvalue weighted by atomic mass is 32.1. The molecule has 2 rings (SSSR count). The number of nitrogens with one attached hydrogen (secondary N) is 3. The molecule has 0 radical (unpaired) electrons. The van der Waals surface area contributed by atoms with Gasteiger partial charge in [-0.2, -0.15) is 0 Å². The van der Waals surface area contributed by atoms with Crippen LogP contribution in [-0.4, -0.2) is 30.0 Å². The predicted molar refractivity (Wildman–Crippen MR) is 113 cm³/mol. The SMILES string of the molecule is CCCCC[C@@H](C)CNC(=S)NNC(=O)c1ccccc1N1CCCC1=O. The number of para-hydroxylation sites is 1. The summed E-state index contributed by atoms with van der Waals surface area (Å²) in [6.45, 7) is 5.80. The fraction of sp³-hybridized carbons (Fsp3) is 0.550. The van der Waals surface area contributed by atoms with Gasteiger partial charge in [0, 0.05) is 19.5 Å². The molecule has 1 aliphatic rings. The zero-order valence-electron chi connectivity index (χ0n) is 16.2. The van der Waals surface area contributed by atoms with Crippen LogP contribution in [0, 0.1) is 5.92 Å². The first-order valence-electron chi connectivity index (χ1n) is 9.76. The molecule has 148 valence electrons. The Morgan fingerprint density at radius 3 is 2.74 bits per heavy atom. The van der Waals surface area contributed by atoms with E-state index in [2.05, 4.69) is 30.0 Å². The Hall–Kier alpha value is -2.15. The van der Waals surface area contributed by atoms with Crippen LogP contribution in [0.4, 0.5) is 5.69 Å².